The van der Waals surface area contributed by atoms with Gasteiger partial charge < -0.3 is 11.1 Å². The Balaban J connectivity index is 1.84. The molecule has 0 saturated carbocycles. The summed E-state index contributed by atoms with van der Waals surface area (Å²) in [6.45, 7) is 0. The fraction of sp³-hybridized carbons (Fsp3) is 0. The standard InChI is InChI=1S/C16H12N4O3S/c17-13-5-4-10(9-14(13)20(22)23)15(21)19-12-3-1-2-11(8-12)16-18-6-7-24-16/h1-9H,17H2,(H,19,21). The summed E-state index contributed by atoms with van der Waals surface area (Å²) in [6.07, 6.45) is 1.71. The third-order valence-corrected chi connectivity index (χ3v) is 4.11. The first-order chi connectivity index (χ1) is 11.5. The van der Waals surface area contributed by atoms with Crippen LogP contribution in [-0.4, -0.2) is 15.8 Å². The van der Waals surface area contributed by atoms with Crippen LogP contribution in [0.2, 0.25) is 0 Å². The van der Waals surface area contributed by atoms with Crippen molar-refractivity contribution in [2.45, 2.75) is 0 Å². The van der Waals surface area contributed by atoms with Crippen LogP contribution in [0.4, 0.5) is 17.1 Å². The van der Waals surface area contributed by atoms with Gasteiger partial charge in [-0.25, -0.2) is 4.98 Å². The Bertz CT molecular complexity index is 909. The van der Waals surface area contributed by atoms with E-state index in [1.54, 1.807) is 24.4 Å². The summed E-state index contributed by atoms with van der Waals surface area (Å²) in [5.74, 6) is -0.450. The molecule has 0 aliphatic heterocycles. The third-order valence-electron chi connectivity index (χ3n) is 3.29. The van der Waals surface area contributed by atoms with Crippen LogP contribution in [0.3, 0.4) is 0 Å². The van der Waals surface area contributed by atoms with Crippen LogP contribution >= 0.6 is 11.3 Å². The first-order valence-electron chi connectivity index (χ1n) is 6.90. The van der Waals surface area contributed by atoms with E-state index in [0.717, 1.165) is 16.6 Å². The summed E-state index contributed by atoms with van der Waals surface area (Å²) >= 11 is 1.49. The maximum Gasteiger partial charge on any atom is 0.292 e. The van der Waals surface area contributed by atoms with Gasteiger partial charge in [-0.1, -0.05) is 12.1 Å². The van der Waals surface area contributed by atoms with Crippen LogP contribution in [0.1, 0.15) is 10.4 Å². The number of amides is 1. The van der Waals surface area contributed by atoms with Gasteiger partial charge in [-0.2, -0.15) is 0 Å². The zero-order valence-corrected chi connectivity index (χ0v) is 13.1. The number of nitrogen functional groups attached to an aromatic ring is 1. The van der Waals surface area contributed by atoms with Crippen LogP contribution in [0.25, 0.3) is 10.6 Å². The molecule has 3 rings (SSSR count). The Kier molecular flexibility index (Phi) is 4.21. The molecule has 7 nitrogen and oxygen atoms in total. The number of hydrogen-bond donors (Lipinski definition) is 2. The van der Waals surface area contributed by atoms with Crippen LogP contribution in [0.15, 0.2) is 54.0 Å². The third kappa shape index (κ3) is 3.23. The number of aromatic nitrogens is 1. The SMILES string of the molecule is Nc1ccc(C(=O)Nc2cccc(-c3nccs3)c2)cc1[N+](=O)[O-]. The van der Waals surface area contributed by atoms with E-state index in [0.29, 0.717) is 5.69 Å². The molecule has 0 spiro atoms. The monoisotopic (exact) mass is 340 g/mol. The molecule has 0 radical (unpaired) electrons. The van der Waals surface area contributed by atoms with Crippen molar-refractivity contribution in [2.75, 3.05) is 11.1 Å². The lowest BCUT2D eigenvalue weighted by Gasteiger charge is -2.07. The minimum atomic E-state index is -0.616. The first-order valence-corrected chi connectivity index (χ1v) is 7.78. The smallest absolute Gasteiger partial charge is 0.292 e. The summed E-state index contributed by atoms with van der Waals surface area (Å²) in [6, 6.07) is 11.2. The number of hydrogen-bond acceptors (Lipinski definition) is 6. The molecule has 0 aliphatic rings. The number of nitrogens with two attached hydrogens (primary N) is 1. The highest BCUT2D eigenvalue weighted by Gasteiger charge is 2.16. The number of nitro benzene ring substituents is 1. The Morgan fingerprint density at radius 1 is 1.25 bits per heavy atom. The summed E-state index contributed by atoms with van der Waals surface area (Å²) in [5, 5.41) is 16.4. The number of nitrogens with one attached hydrogen (secondary N) is 1. The molecular formula is C16H12N4O3S. The van der Waals surface area contributed by atoms with Gasteiger partial charge in [0.05, 0.1) is 4.92 Å². The molecule has 0 fully saturated rings. The first kappa shape index (κ1) is 15.6. The van der Waals surface area contributed by atoms with E-state index in [1.165, 1.54) is 23.5 Å². The Morgan fingerprint density at radius 3 is 2.79 bits per heavy atom. The molecule has 1 amide bonds. The Labute approximate surface area is 140 Å². The highest BCUT2D eigenvalue weighted by molar-refractivity contribution is 7.13. The largest absolute Gasteiger partial charge is 0.393 e. The molecule has 0 aliphatic carbocycles. The van der Waals surface area contributed by atoms with Crippen molar-refractivity contribution in [3.63, 3.8) is 0 Å². The van der Waals surface area contributed by atoms with Gasteiger partial charge in [0.2, 0.25) is 0 Å². The van der Waals surface area contributed by atoms with Gasteiger partial charge in [0.15, 0.2) is 0 Å². The van der Waals surface area contributed by atoms with Crippen molar-refractivity contribution in [3.05, 3.63) is 69.7 Å². The lowest BCUT2D eigenvalue weighted by Crippen LogP contribution is -2.12. The molecule has 2 aromatic carbocycles. The van der Waals surface area contributed by atoms with E-state index in [-0.39, 0.29) is 16.9 Å². The number of anilines is 2. The summed E-state index contributed by atoms with van der Waals surface area (Å²) in [7, 11) is 0. The number of nitrogens with zero attached hydrogens (tertiary/aromatic N) is 2. The summed E-state index contributed by atoms with van der Waals surface area (Å²) in [4.78, 5) is 26.8. The molecule has 1 aromatic heterocycles. The zero-order valence-electron chi connectivity index (χ0n) is 12.3. The molecule has 120 valence electrons. The highest BCUT2D eigenvalue weighted by atomic mass is 32.1. The highest BCUT2D eigenvalue weighted by Crippen LogP contribution is 2.26. The second-order valence-corrected chi connectivity index (χ2v) is 5.80. The van der Waals surface area contributed by atoms with Crippen LogP contribution in [0.5, 0.6) is 0 Å². The second kappa shape index (κ2) is 6.47. The molecule has 0 unspecified atom stereocenters. The zero-order chi connectivity index (χ0) is 17.1. The normalized spacial score (nSPS) is 10.3. The van der Waals surface area contributed by atoms with Gasteiger partial charge >= 0.3 is 0 Å². The van der Waals surface area contributed by atoms with Crippen molar-refractivity contribution < 1.29 is 9.72 Å². The van der Waals surface area contributed by atoms with Crippen molar-refractivity contribution in [3.8, 4) is 10.6 Å². The van der Waals surface area contributed by atoms with E-state index in [4.69, 9.17) is 5.73 Å². The van der Waals surface area contributed by atoms with Crippen molar-refractivity contribution in [1.82, 2.24) is 4.98 Å². The van der Waals surface area contributed by atoms with Crippen molar-refractivity contribution >= 4 is 34.3 Å². The molecule has 24 heavy (non-hydrogen) atoms. The van der Waals surface area contributed by atoms with Gasteiger partial charge in [-0.15, -0.1) is 11.3 Å². The lowest BCUT2D eigenvalue weighted by molar-refractivity contribution is -0.383. The molecule has 3 aromatic rings. The number of nitro groups is 1. The number of carbonyl (C=O) groups excluding carboxylic acids is 1. The fourth-order valence-corrected chi connectivity index (χ4v) is 2.78. The number of rotatable bonds is 4. The van der Waals surface area contributed by atoms with Gasteiger partial charge in [-0.3, -0.25) is 14.9 Å². The summed E-state index contributed by atoms with van der Waals surface area (Å²) < 4.78 is 0. The van der Waals surface area contributed by atoms with Crippen molar-refractivity contribution in [1.29, 1.82) is 0 Å². The van der Waals surface area contributed by atoms with Crippen LogP contribution in [0, 0.1) is 10.1 Å². The Hall–Kier alpha value is -3.26. The van der Waals surface area contributed by atoms with Crippen molar-refractivity contribution in [2.24, 2.45) is 0 Å². The van der Waals surface area contributed by atoms with Gasteiger partial charge in [0, 0.05) is 34.5 Å². The second-order valence-electron chi connectivity index (χ2n) is 4.90. The number of carbonyl (C=O) groups is 1. The Morgan fingerprint density at radius 2 is 2.08 bits per heavy atom. The summed E-state index contributed by atoms with van der Waals surface area (Å²) in [5.41, 5.74) is 6.88. The maximum absolute atomic E-state index is 12.3. The van der Waals surface area contributed by atoms with Gasteiger partial charge in [-0.05, 0) is 24.3 Å². The van der Waals surface area contributed by atoms with E-state index < -0.39 is 10.8 Å². The molecule has 0 atom stereocenters. The molecule has 0 saturated heterocycles. The number of thiazole rings is 1. The average Bonchev–Trinajstić information content (AvgIpc) is 3.09. The van der Waals surface area contributed by atoms with E-state index in [1.807, 2.05) is 11.4 Å². The molecule has 3 N–H and O–H groups in total. The maximum atomic E-state index is 12.3. The minimum absolute atomic E-state index is 0.0160. The van der Waals surface area contributed by atoms with Gasteiger partial charge in [0.25, 0.3) is 11.6 Å². The quantitative estimate of drug-likeness (QED) is 0.428. The van der Waals surface area contributed by atoms with E-state index in [9.17, 15) is 14.9 Å². The fourth-order valence-electron chi connectivity index (χ4n) is 2.14. The average molecular weight is 340 g/mol. The van der Waals surface area contributed by atoms with E-state index in [2.05, 4.69) is 10.3 Å². The van der Waals surface area contributed by atoms with E-state index >= 15 is 0 Å². The molecule has 0 bridgehead atoms. The predicted molar refractivity (Wildman–Crippen MR) is 93.0 cm³/mol. The minimum Gasteiger partial charge on any atom is -0.393 e. The molecule has 8 heteroatoms. The predicted octanol–water partition coefficient (Wildman–Crippen LogP) is 3.55. The van der Waals surface area contributed by atoms with Gasteiger partial charge in [0.1, 0.15) is 10.7 Å². The molecule has 1 heterocycles. The molecular weight excluding hydrogens is 328 g/mol. The van der Waals surface area contributed by atoms with Crippen LogP contribution in [-0.2, 0) is 0 Å². The van der Waals surface area contributed by atoms with Crippen LogP contribution < -0.4 is 11.1 Å². The lowest BCUT2D eigenvalue weighted by atomic mass is 10.1. The topological polar surface area (TPSA) is 111 Å². The number of benzene rings is 2.